The molecular formula is C10H12O4S. The molecule has 0 N–H and O–H groups in total. The van der Waals surface area contributed by atoms with Gasteiger partial charge in [-0.1, -0.05) is 0 Å². The maximum atomic E-state index is 11.4. The zero-order valence-corrected chi connectivity index (χ0v) is 9.21. The van der Waals surface area contributed by atoms with Crippen molar-refractivity contribution in [1.29, 1.82) is 0 Å². The van der Waals surface area contributed by atoms with Crippen LogP contribution >= 0.6 is 11.8 Å². The number of ketones is 1. The molecule has 0 saturated heterocycles. The first-order valence-corrected chi connectivity index (χ1v) is 5.60. The van der Waals surface area contributed by atoms with Crippen molar-refractivity contribution in [2.45, 2.75) is 6.42 Å². The maximum absolute atomic E-state index is 11.4. The van der Waals surface area contributed by atoms with Gasteiger partial charge in [0.15, 0.2) is 5.76 Å². The molecule has 4 nitrogen and oxygen atoms in total. The van der Waals surface area contributed by atoms with Gasteiger partial charge in [-0.3, -0.25) is 9.59 Å². The first-order chi connectivity index (χ1) is 7.24. The fraction of sp³-hybridized carbons (Fsp3) is 0.400. The quantitative estimate of drug-likeness (QED) is 0.422. The molecule has 0 aliphatic carbocycles. The van der Waals surface area contributed by atoms with Crippen LogP contribution in [0, 0.1) is 0 Å². The summed E-state index contributed by atoms with van der Waals surface area (Å²) in [5, 5.41) is 0. The van der Waals surface area contributed by atoms with E-state index in [1.165, 1.54) is 25.1 Å². The molecular weight excluding hydrogens is 216 g/mol. The zero-order chi connectivity index (χ0) is 11.1. The number of rotatable bonds is 6. The van der Waals surface area contributed by atoms with Crippen LogP contribution in [0.5, 0.6) is 0 Å². The number of hydrogen-bond donors (Lipinski definition) is 0. The molecule has 1 aromatic heterocycles. The summed E-state index contributed by atoms with van der Waals surface area (Å²) in [7, 11) is 1.35. The molecule has 1 heterocycles. The van der Waals surface area contributed by atoms with Crippen LogP contribution in [0.15, 0.2) is 22.8 Å². The van der Waals surface area contributed by atoms with Crippen LogP contribution in [0.1, 0.15) is 17.0 Å². The van der Waals surface area contributed by atoms with Crippen molar-refractivity contribution in [3.05, 3.63) is 24.2 Å². The molecule has 0 radical (unpaired) electrons. The number of carbonyl (C=O) groups excluding carboxylic acids is 2. The minimum absolute atomic E-state index is 0.0603. The van der Waals surface area contributed by atoms with Crippen LogP contribution in [0.25, 0.3) is 0 Å². The lowest BCUT2D eigenvalue weighted by atomic mass is 10.3. The third kappa shape index (κ3) is 4.20. The van der Waals surface area contributed by atoms with Gasteiger partial charge in [-0.25, -0.2) is 0 Å². The standard InChI is InChI=1S/C10H12O4S/c1-13-10(12)4-6-15-7-8(11)9-3-2-5-14-9/h2-3,5H,4,6-7H2,1H3. The molecule has 0 unspecified atom stereocenters. The summed E-state index contributed by atoms with van der Waals surface area (Å²) in [5.74, 6) is 0.951. The second kappa shape index (κ2) is 6.29. The van der Waals surface area contributed by atoms with E-state index >= 15 is 0 Å². The normalized spacial score (nSPS) is 9.93. The highest BCUT2D eigenvalue weighted by Gasteiger charge is 2.08. The fourth-order valence-corrected chi connectivity index (χ4v) is 1.71. The van der Waals surface area contributed by atoms with E-state index in [-0.39, 0.29) is 11.8 Å². The highest BCUT2D eigenvalue weighted by Crippen LogP contribution is 2.09. The van der Waals surface area contributed by atoms with Crippen molar-refractivity contribution in [2.24, 2.45) is 0 Å². The van der Waals surface area contributed by atoms with E-state index in [1.54, 1.807) is 12.1 Å². The molecule has 0 fully saturated rings. The van der Waals surface area contributed by atoms with Crippen molar-refractivity contribution in [3.8, 4) is 0 Å². The monoisotopic (exact) mass is 228 g/mol. The van der Waals surface area contributed by atoms with Crippen LogP contribution in [-0.2, 0) is 9.53 Å². The topological polar surface area (TPSA) is 56.5 Å². The molecule has 1 aromatic rings. The second-order valence-electron chi connectivity index (χ2n) is 2.78. The molecule has 0 spiro atoms. The Kier molecular flexibility index (Phi) is 4.97. The fourth-order valence-electron chi connectivity index (χ4n) is 0.931. The molecule has 82 valence electrons. The lowest BCUT2D eigenvalue weighted by molar-refractivity contribution is -0.140. The summed E-state index contributed by atoms with van der Waals surface area (Å²) in [6.45, 7) is 0. The number of hydrogen-bond acceptors (Lipinski definition) is 5. The van der Waals surface area contributed by atoms with Crippen LogP contribution < -0.4 is 0 Å². The Bertz CT molecular complexity index is 318. The Labute approximate surface area is 92.0 Å². The highest BCUT2D eigenvalue weighted by molar-refractivity contribution is 7.99. The molecule has 0 aromatic carbocycles. The summed E-state index contributed by atoms with van der Waals surface area (Å²) in [6.07, 6.45) is 1.79. The van der Waals surface area contributed by atoms with Gasteiger partial charge >= 0.3 is 5.97 Å². The lowest BCUT2D eigenvalue weighted by Gasteiger charge is -1.98. The van der Waals surface area contributed by atoms with Gasteiger partial charge in [0, 0.05) is 5.75 Å². The third-order valence-corrected chi connectivity index (χ3v) is 2.67. The van der Waals surface area contributed by atoms with E-state index in [2.05, 4.69) is 4.74 Å². The van der Waals surface area contributed by atoms with E-state index in [9.17, 15) is 9.59 Å². The number of esters is 1. The predicted molar refractivity (Wildman–Crippen MR) is 57.0 cm³/mol. The van der Waals surface area contributed by atoms with E-state index in [0.717, 1.165) is 0 Å². The molecule has 0 aliphatic heterocycles. The van der Waals surface area contributed by atoms with E-state index < -0.39 is 0 Å². The van der Waals surface area contributed by atoms with E-state index in [4.69, 9.17) is 4.42 Å². The lowest BCUT2D eigenvalue weighted by Crippen LogP contribution is -2.05. The summed E-state index contributed by atoms with van der Waals surface area (Å²) in [6, 6.07) is 3.30. The minimum atomic E-state index is -0.257. The minimum Gasteiger partial charge on any atom is -0.469 e. The largest absolute Gasteiger partial charge is 0.469 e. The van der Waals surface area contributed by atoms with Gasteiger partial charge in [-0.15, -0.1) is 0 Å². The van der Waals surface area contributed by atoms with Crippen LogP contribution in [0.4, 0.5) is 0 Å². The Morgan fingerprint density at radius 3 is 2.93 bits per heavy atom. The Morgan fingerprint density at radius 1 is 1.53 bits per heavy atom. The average molecular weight is 228 g/mol. The van der Waals surface area contributed by atoms with Gasteiger partial charge in [0.2, 0.25) is 5.78 Å². The van der Waals surface area contributed by atoms with Gasteiger partial charge in [0.25, 0.3) is 0 Å². The van der Waals surface area contributed by atoms with E-state index in [1.807, 2.05) is 0 Å². The van der Waals surface area contributed by atoms with Crippen LogP contribution in [0.2, 0.25) is 0 Å². The van der Waals surface area contributed by atoms with Crippen molar-refractivity contribution in [2.75, 3.05) is 18.6 Å². The van der Waals surface area contributed by atoms with Gasteiger partial charge < -0.3 is 9.15 Å². The average Bonchev–Trinajstić information content (AvgIpc) is 2.77. The number of furan rings is 1. The van der Waals surface area contributed by atoms with Crippen LogP contribution in [-0.4, -0.2) is 30.4 Å². The predicted octanol–water partition coefficient (Wildman–Crippen LogP) is 1.76. The number of Topliss-reactive ketones (excluding diaryl/α,β-unsaturated/α-hetero) is 1. The van der Waals surface area contributed by atoms with Crippen LogP contribution in [0.3, 0.4) is 0 Å². The first kappa shape index (κ1) is 11.8. The van der Waals surface area contributed by atoms with Gasteiger partial charge in [0.05, 0.1) is 25.5 Å². The molecule has 0 saturated carbocycles. The highest BCUT2D eigenvalue weighted by atomic mass is 32.2. The zero-order valence-electron chi connectivity index (χ0n) is 8.39. The number of methoxy groups -OCH3 is 1. The smallest absolute Gasteiger partial charge is 0.306 e. The molecule has 0 amide bonds. The molecule has 0 bridgehead atoms. The van der Waals surface area contributed by atoms with Crippen molar-refractivity contribution >= 4 is 23.5 Å². The summed E-state index contributed by atoms with van der Waals surface area (Å²) in [5.41, 5.74) is 0. The summed E-state index contributed by atoms with van der Waals surface area (Å²) < 4.78 is 9.41. The molecule has 0 aliphatic rings. The van der Waals surface area contributed by atoms with Crippen molar-refractivity contribution < 1.29 is 18.7 Å². The SMILES string of the molecule is COC(=O)CCSCC(=O)c1ccco1. The second-order valence-corrected chi connectivity index (χ2v) is 3.88. The van der Waals surface area contributed by atoms with Gasteiger partial charge in [0.1, 0.15) is 0 Å². The van der Waals surface area contributed by atoms with E-state index in [0.29, 0.717) is 23.7 Å². The van der Waals surface area contributed by atoms with Crippen molar-refractivity contribution in [1.82, 2.24) is 0 Å². The number of ether oxygens (including phenoxy) is 1. The number of carbonyl (C=O) groups is 2. The molecule has 1 rings (SSSR count). The maximum Gasteiger partial charge on any atom is 0.306 e. The third-order valence-electron chi connectivity index (χ3n) is 1.71. The van der Waals surface area contributed by atoms with Gasteiger partial charge in [-0.05, 0) is 12.1 Å². The number of thioether (sulfide) groups is 1. The Hall–Kier alpha value is -1.23. The molecule has 5 heteroatoms. The molecule has 15 heavy (non-hydrogen) atoms. The van der Waals surface area contributed by atoms with Crippen molar-refractivity contribution in [3.63, 3.8) is 0 Å². The summed E-state index contributed by atoms with van der Waals surface area (Å²) in [4.78, 5) is 22.1. The Balaban J connectivity index is 2.16. The summed E-state index contributed by atoms with van der Waals surface area (Å²) >= 11 is 1.39. The molecule has 0 atom stereocenters. The Morgan fingerprint density at radius 2 is 2.33 bits per heavy atom. The van der Waals surface area contributed by atoms with Gasteiger partial charge in [-0.2, -0.15) is 11.8 Å². The first-order valence-electron chi connectivity index (χ1n) is 4.45.